The van der Waals surface area contributed by atoms with E-state index in [9.17, 15) is 22.8 Å². The normalized spacial score (nSPS) is 14.9. The smallest absolute Gasteiger partial charge is 0.417 e. The first-order chi connectivity index (χ1) is 7.80. The number of thioether (sulfide) groups is 1. The van der Waals surface area contributed by atoms with Crippen LogP contribution in [0.4, 0.5) is 13.2 Å². The zero-order valence-electron chi connectivity index (χ0n) is 8.17. The van der Waals surface area contributed by atoms with Crippen molar-refractivity contribution >= 4 is 23.5 Å². The average Bonchev–Trinajstić information content (AvgIpc) is 2.57. The number of aromatic carboxylic acids is 1. The predicted molar refractivity (Wildman–Crippen MR) is 53.5 cm³/mol. The van der Waals surface area contributed by atoms with Crippen molar-refractivity contribution in [2.45, 2.75) is 11.1 Å². The van der Waals surface area contributed by atoms with Crippen molar-refractivity contribution in [2.24, 2.45) is 0 Å². The summed E-state index contributed by atoms with van der Waals surface area (Å²) in [4.78, 5) is 22.3. The van der Waals surface area contributed by atoms with Gasteiger partial charge < -0.3 is 5.11 Å². The third-order valence-electron chi connectivity index (χ3n) is 2.31. The molecule has 1 heterocycles. The molecule has 0 saturated carbocycles. The zero-order valence-corrected chi connectivity index (χ0v) is 8.98. The van der Waals surface area contributed by atoms with Crippen LogP contribution >= 0.6 is 11.8 Å². The summed E-state index contributed by atoms with van der Waals surface area (Å²) in [5.41, 5.74) is -2.15. The van der Waals surface area contributed by atoms with Crippen molar-refractivity contribution in [3.8, 4) is 0 Å². The highest BCUT2D eigenvalue weighted by Crippen LogP contribution is 2.39. The molecule has 0 aromatic heterocycles. The summed E-state index contributed by atoms with van der Waals surface area (Å²) in [5.74, 6) is -2.01. The molecule has 0 amide bonds. The van der Waals surface area contributed by atoms with Crippen molar-refractivity contribution in [1.29, 1.82) is 0 Å². The van der Waals surface area contributed by atoms with Gasteiger partial charge in [0.15, 0.2) is 5.78 Å². The Labute approximate surface area is 97.6 Å². The van der Waals surface area contributed by atoms with Gasteiger partial charge in [-0.05, 0) is 12.1 Å². The van der Waals surface area contributed by atoms with E-state index in [0.717, 1.165) is 17.8 Å². The molecule has 1 N–H and O–H groups in total. The molecule has 1 aromatic carbocycles. The minimum Gasteiger partial charge on any atom is -0.478 e. The highest BCUT2D eigenvalue weighted by Gasteiger charge is 2.38. The summed E-state index contributed by atoms with van der Waals surface area (Å²) in [5, 5.41) is 8.73. The number of halogens is 3. The molecule has 1 aliphatic heterocycles. The maximum Gasteiger partial charge on any atom is 0.417 e. The number of carbonyl (C=O) groups excluding carboxylic acids is 1. The van der Waals surface area contributed by atoms with Gasteiger partial charge in [-0.1, -0.05) is 0 Å². The Hall–Kier alpha value is -1.50. The Balaban J connectivity index is 2.69. The second-order valence-electron chi connectivity index (χ2n) is 3.41. The van der Waals surface area contributed by atoms with Gasteiger partial charge in [0.25, 0.3) is 0 Å². The summed E-state index contributed by atoms with van der Waals surface area (Å²) in [6, 6.07) is 1.54. The predicted octanol–water partition coefficient (Wildman–Crippen LogP) is 2.69. The molecule has 17 heavy (non-hydrogen) atoms. The molecule has 0 unspecified atom stereocenters. The number of Topliss-reactive ketones (excluding diaryl/α,β-unsaturated/α-hetero) is 1. The highest BCUT2D eigenvalue weighted by atomic mass is 32.2. The van der Waals surface area contributed by atoms with Crippen LogP contribution in [0, 0.1) is 0 Å². The quantitative estimate of drug-likeness (QED) is 0.845. The molecule has 0 fully saturated rings. The van der Waals surface area contributed by atoms with E-state index in [1.807, 2.05) is 0 Å². The van der Waals surface area contributed by atoms with Crippen LogP contribution in [-0.2, 0) is 6.18 Å². The van der Waals surface area contributed by atoms with E-state index in [-0.39, 0.29) is 11.3 Å². The Morgan fingerprint density at radius 1 is 1.35 bits per heavy atom. The number of hydrogen-bond donors (Lipinski definition) is 1. The number of alkyl halides is 3. The van der Waals surface area contributed by atoms with Crippen LogP contribution in [0.3, 0.4) is 0 Å². The van der Waals surface area contributed by atoms with Crippen LogP contribution in [0.25, 0.3) is 0 Å². The Bertz CT molecular complexity index is 522. The third-order valence-corrected chi connectivity index (χ3v) is 3.37. The maximum absolute atomic E-state index is 12.6. The van der Waals surface area contributed by atoms with Crippen molar-refractivity contribution in [1.82, 2.24) is 0 Å². The lowest BCUT2D eigenvalue weighted by atomic mass is 10.0. The number of carbonyl (C=O) groups is 2. The molecule has 7 heteroatoms. The topological polar surface area (TPSA) is 54.4 Å². The number of carboxylic acids is 1. The SMILES string of the molecule is O=C1CSc2cc(C(=O)O)c(C(F)(F)F)cc21. The summed E-state index contributed by atoms with van der Waals surface area (Å²) in [6.45, 7) is 0. The Morgan fingerprint density at radius 3 is 2.53 bits per heavy atom. The minimum absolute atomic E-state index is 0.0488. The molecule has 0 bridgehead atoms. The fourth-order valence-electron chi connectivity index (χ4n) is 1.55. The third kappa shape index (κ3) is 2.02. The van der Waals surface area contributed by atoms with Crippen LogP contribution in [0.1, 0.15) is 26.3 Å². The van der Waals surface area contributed by atoms with E-state index in [1.54, 1.807) is 0 Å². The van der Waals surface area contributed by atoms with Crippen LogP contribution < -0.4 is 0 Å². The van der Waals surface area contributed by atoms with Gasteiger partial charge >= 0.3 is 12.1 Å². The van der Waals surface area contributed by atoms with Gasteiger partial charge in [-0.2, -0.15) is 13.2 Å². The van der Waals surface area contributed by atoms with E-state index < -0.39 is 29.1 Å². The fourth-order valence-corrected chi connectivity index (χ4v) is 2.52. The molecule has 2 rings (SSSR count). The summed E-state index contributed by atoms with van der Waals surface area (Å²) < 4.78 is 37.9. The summed E-state index contributed by atoms with van der Waals surface area (Å²) >= 11 is 1.05. The lowest BCUT2D eigenvalue weighted by Gasteiger charge is -2.11. The number of fused-ring (bicyclic) bond motifs is 1. The maximum atomic E-state index is 12.6. The summed E-state index contributed by atoms with van der Waals surface area (Å²) in [7, 11) is 0. The van der Waals surface area contributed by atoms with E-state index in [4.69, 9.17) is 5.11 Å². The molecule has 1 aromatic rings. The van der Waals surface area contributed by atoms with Gasteiger partial charge in [-0.3, -0.25) is 4.79 Å². The molecular weight excluding hydrogens is 257 g/mol. The van der Waals surface area contributed by atoms with Gasteiger partial charge in [-0.25, -0.2) is 4.79 Å². The second-order valence-corrected chi connectivity index (χ2v) is 4.43. The molecule has 0 radical (unpaired) electrons. The van der Waals surface area contributed by atoms with Crippen LogP contribution in [0.15, 0.2) is 17.0 Å². The molecule has 1 aliphatic rings. The first-order valence-electron chi connectivity index (χ1n) is 4.45. The molecular formula is C10H5F3O3S. The van der Waals surface area contributed by atoms with Gasteiger partial charge in [0.2, 0.25) is 0 Å². The van der Waals surface area contributed by atoms with E-state index in [0.29, 0.717) is 11.0 Å². The Morgan fingerprint density at radius 2 is 2.00 bits per heavy atom. The second kappa shape index (κ2) is 3.76. The van der Waals surface area contributed by atoms with Crippen molar-refractivity contribution < 1.29 is 27.9 Å². The van der Waals surface area contributed by atoms with E-state index >= 15 is 0 Å². The van der Waals surface area contributed by atoms with Gasteiger partial charge in [0, 0.05) is 10.5 Å². The standard InChI is InChI=1S/C10H5F3O3S/c11-10(12,13)6-1-5-7(14)3-17-8(5)2-4(6)9(15)16/h1-2H,3H2,(H,15,16). The van der Waals surface area contributed by atoms with Gasteiger partial charge in [0.05, 0.1) is 16.9 Å². The number of rotatable bonds is 1. The summed E-state index contributed by atoms with van der Waals surface area (Å²) in [6.07, 6.45) is -4.78. The van der Waals surface area contributed by atoms with Crippen LogP contribution in [0.2, 0.25) is 0 Å². The van der Waals surface area contributed by atoms with E-state index in [1.165, 1.54) is 0 Å². The monoisotopic (exact) mass is 262 g/mol. The van der Waals surface area contributed by atoms with Crippen molar-refractivity contribution in [2.75, 3.05) is 5.75 Å². The lowest BCUT2D eigenvalue weighted by molar-refractivity contribution is -0.138. The zero-order chi connectivity index (χ0) is 12.8. The molecule has 0 atom stereocenters. The number of hydrogen-bond acceptors (Lipinski definition) is 3. The highest BCUT2D eigenvalue weighted by molar-refractivity contribution is 8.00. The molecule has 0 aliphatic carbocycles. The minimum atomic E-state index is -4.78. The first-order valence-corrected chi connectivity index (χ1v) is 5.44. The fraction of sp³-hybridized carbons (Fsp3) is 0.200. The average molecular weight is 262 g/mol. The van der Waals surface area contributed by atoms with Crippen molar-refractivity contribution in [3.63, 3.8) is 0 Å². The van der Waals surface area contributed by atoms with E-state index in [2.05, 4.69) is 0 Å². The first kappa shape index (κ1) is 12.0. The van der Waals surface area contributed by atoms with Crippen molar-refractivity contribution in [3.05, 3.63) is 28.8 Å². The largest absolute Gasteiger partial charge is 0.478 e. The van der Waals surface area contributed by atoms with Gasteiger partial charge in [-0.15, -0.1) is 11.8 Å². The molecule has 0 saturated heterocycles. The number of ketones is 1. The van der Waals surface area contributed by atoms with Gasteiger partial charge in [0.1, 0.15) is 0 Å². The number of benzene rings is 1. The Kier molecular flexibility index (Phi) is 2.65. The molecule has 0 spiro atoms. The molecule has 3 nitrogen and oxygen atoms in total. The number of carboxylic acid groups (broad SMARTS) is 1. The van der Waals surface area contributed by atoms with Crippen LogP contribution in [-0.4, -0.2) is 22.6 Å². The van der Waals surface area contributed by atoms with Crippen LogP contribution in [0.5, 0.6) is 0 Å². The molecule has 90 valence electrons. The lowest BCUT2D eigenvalue weighted by Crippen LogP contribution is -2.14.